The second-order valence-corrected chi connectivity index (χ2v) is 5.86. The Bertz CT molecular complexity index is 551. The lowest BCUT2D eigenvalue weighted by Gasteiger charge is -2.05. The van der Waals surface area contributed by atoms with Crippen LogP contribution in [0, 0.1) is 0 Å². The molecule has 0 aliphatic rings. The third-order valence-electron chi connectivity index (χ3n) is 2.73. The van der Waals surface area contributed by atoms with E-state index in [4.69, 9.17) is 16.3 Å². The molecule has 2 aromatic rings. The van der Waals surface area contributed by atoms with Gasteiger partial charge in [-0.25, -0.2) is 9.97 Å². The van der Waals surface area contributed by atoms with Gasteiger partial charge in [-0.05, 0) is 30.3 Å². The van der Waals surface area contributed by atoms with Crippen LogP contribution in [0.2, 0.25) is 5.02 Å². The number of hydrogen-bond donors (Lipinski definition) is 1. The van der Waals surface area contributed by atoms with Gasteiger partial charge in [-0.3, -0.25) is 0 Å². The number of thioether (sulfide) groups is 1. The van der Waals surface area contributed by atoms with E-state index in [1.165, 1.54) is 0 Å². The number of ether oxygens (including phenoxy) is 1. The predicted molar refractivity (Wildman–Crippen MR) is 86.6 cm³/mol. The smallest absolute Gasteiger partial charge is 0.138 e. The van der Waals surface area contributed by atoms with Crippen LogP contribution in [0.5, 0.6) is 0 Å². The normalized spacial score (nSPS) is 10.8. The summed E-state index contributed by atoms with van der Waals surface area (Å²) < 4.78 is 4.99. The number of benzene rings is 1. The number of halogens is 1. The van der Waals surface area contributed by atoms with Crippen molar-refractivity contribution in [2.75, 3.05) is 20.3 Å². The van der Waals surface area contributed by atoms with Crippen LogP contribution in [0.3, 0.4) is 0 Å². The topological polar surface area (TPSA) is 47.0 Å². The first-order valence-electron chi connectivity index (χ1n) is 6.67. The molecule has 0 amide bonds. The molecule has 0 saturated carbocycles. The second kappa shape index (κ2) is 9.00. The minimum atomic E-state index is 0.699. The monoisotopic (exact) mass is 323 g/mol. The molecule has 0 spiro atoms. The Morgan fingerprint density at radius 2 is 2.05 bits per heavy atom. The van der Waals surface area contributed by atoms with Crippen LogP contribution < -0.4 is 5.32 Å². The van der Waals surface area contributed by atoms with Crippen LogP contribution in [0.25, 0.3) is 0 Å². The zero-order valence-electron chi connectivity index (χ0n) is 11.9. The van der Waals surface area contributed by atoms with E-state index in [1.54, 1.807) is 25.1 Å². The van der Waals surface area contributed by atoms with Crippen molar-refractivity contribution >= 4 is 23.4 Å². The Kier molecular flexibility index (Phi) is 6.95. The van der Waals surface area contributed by atoms with Crippen molar-refractivity contribution < 1.29 is 4.74 Å². The van der Waals surface area contributed by atoms with Crippen LogP contribution in [0.4, 0.5) is 0 Å². The number of nitrogens with zero attached hydrogens (tertiary/aromatic N) is 2. The molecule has 2 rings (SSSR count). The molecule has 6 heteroatoms. The van der Waals surface area contributed by atoms with Crippen LogP contribution in [-0.2, 0) is 17.0 Å². The quantitative estimate of drug-likeness (QED) is 0.597. The zero-order chi connectivity index (χ0) is 14.9. The summed E-state index contributed by atoms with van der Waals surface area (Å²) in [5, 5.41) is 4.02. The molecule has 0 saturated heterocycles. The van der Waals surface area contributed by atoms with Crippen molar-refractivity contribution in [1.82, 2.24) is 15.3 Å². The van der Waals surface area contributed by atoms with E-state index in [1.807, 2.05) is 30.3 Å². The highest BCUT2D eigenvalue weighted by atomic mass is 35.5. The lowest BCUT2D eigenvalue weighted by Crippen LogP contribution is -2.19. The standard InChI is InChI=1S/C15H18ClN3OS/c1-20-9-8-17-10-13-6-7-18-15(19-13)11-21-14-4-2-12(16)3-5-14/h2-7,17H,8-11H2,1H3. The number of nitrogens with one attached hydrogen (secondary N) is 1. The first-order valence-corrected chi connectivity index (χ1v) is 8.03. The van der Waals surface area contributed by atoms with Gasteiger partial charge in [0, 0.05) is 36.3 Å². The van der Waals surface area contributed by atoms with Gasteiger partial charge in [0.1, 0.15) is 5.82 Å². The average Bonchev–Trinajstić information content (AvgIpc) is 2.52. The summed E-state index contributed by atoms with van der Waals surface area (Å²) in [6.07, 6.45) is 1.80. The molecule has 1 aromatic heterocycles. The van der Waals surface area contributed by atoms with E-state index >= 15 is 0 Å². The van der Waals surface area contributed by atoms with Crippen molar-refractivity contribution in [1.29, 1.82) is 0 Å². The lowest BCUT2D eigenvalue weighted by molar-refractivity contribution is 0.199. The molecule has 0 fully saturated rings. The van der Waals surface area contributed by atoms with Crippen LogP contribution in [0.15, 0.2) is 41.4 Å². The maximum Gasteiger partial charge on any atom is 0.138 e. The fourth-order valence-electron chi connectivity index (χ4n) is 1.68. The van der Waals surface area contributed by atoms with Crippen molar-refractivity contribution in [3.63, 3.8) is 0 Å². The summed E-state index contributed by atoms with van der Waals surface area (Å²) in [4.78, 5) is 10.0. The highest BCUT2D eigenvalue weighted by Crippen LogP contribution is 2.22. The van der Waals surface area contributed by atoms with Gasteiger partial charge in [0.05, 0.1) is 18.1 Å². The van der Waals surface area contributed by atoms with E-state index in [2.05, 4.69) is 15.3 Å². The highest BCUT2D eigenvalue weighted by Gasteiger charge is 2.01. The van der Waals surface area contributed by atoms with Crippen molar-refractivity contribution in [2.45, 2.75) is 17.2 Å². The van der Waals surface area contributed by atoms with E-state index in [-0.39, 0.29) is 0 Å². The summed E-state index contributed by atoms with van der Waals surface area (Å²) in [7, 11) is 1.69. The van der Waals surface area contributed by atoms with E-state index in [0.29, 0.717) is 6.61 Å². The molecule has 4 nitrogen and oxygen atoms in total. The van der Waals surface area contributed by atoms with Gasteiger partial charge >= 0.3 is 0 Å². The van der Waals surface area contributed by atoms with Gasteiger partial charge in [0.2, 0.25) is 0 Å². The number of hydrogen-bond acceptors (Lipinski definition) is 5. The van der Waals surface area contributed by atoms with Crippen LogP contribution in [-0.4, -0.2) is 30.2 Å². The third kappa shape index (κ3) is 6.01. The van der Waals surface area contributed by atoms with Crippen molar-refractivity contribution in [2.24, 2.45) is 0 Å². The number of rotatable bonds is 8. The van der Waals surface area contributed by atoms with E-state index < -0.39 is 0 Å². The number of aromatic nitrogens is 2. The molecule has 0 bridgehead atoms. The summed E-state index contributed by atoms with van der Waals surface area (Å²) in [5.41, 5.74) is 0.993. The van der Waals surface area contributed by atoms with Gasteiger partial charge in [-0.2, -0.15) is 0 Å². The number of methoxy groups -OCH3 is 1. The zero-order valence-corrected chi connectivity index (χ0v) is 13.5. The Labute approximate surface area is 134 Å². The Morgan fingerprint density at radius 3 is 2.81 bits per heavy atom. The summed E-state index contributed by atoms with van der Waals surface area (Å²) in [6.45, 7) is 2.24. The van der Waals surface area contributed by atoms with E-state index in [9.17, 15) is 0 Å². The minimum absolute atomic E-state index is 0.699. The van der Waals surface area contributed by atoms with Crippen LogP contribution >= 0.6 is 23.4 Å². The summed E-state index contributed by atoms with van der Waals surface area (Å²) in [6, 6.07) is 9.71. The maximum atomic E-state index is 5.87. The van der Waals surface area contributed by atoms with Gasteiger partial charge in [0.15, 0.2) is 0 Å². The molecule has 21 heavy (non-hydrogen) atoms. The Morgan fingerprint density at radius 1 is 1.24 bits per heavy atom. The summed E-state index contributed by atoms with van der Waals surface area (Å²) >= 11 is 7.57. The van der Waals surface area contributed by atoms with E-state index in [0.717, 1.165) is 40.3 Å². The van der Waals surface area contributed by atoms with Gasteiger partial charge in [-0.1, -0.05) is 11.6 Å². The molecular formula is C15H18ClN3OS. The molecule has 0 unspecified atom stereocenters. The van der Waals surface area contributed by atoms with Crippen LogP contribution in [0.1, 0.15) is 11.5 Å². The Hall–Kier alpha value is -1.14. The first-order chi connectivity index (χ1) is 10.3. The molecule has 0 aliphatic heterocycles. The first kappa shape index (κ1) is 16.2. The lowest BCUT2D eigenvalue weighted by atomic mass is 10.4. The minimum Gasteiger partial charge on any atom is -0.383 e. The SMILES string of the molecule is COCCNCc1ccnc(CSc2ccc(Cl)cc2)n1. The molecule has 1 heterocycles. The largest absolute Gasteiger partial charge is 0.383 e. The average molecular weight is 324 g/mol. The molecule has 112 valence electrons. The molecule has 0 radical (unpaired) electrons. The molecule has 1 aromatic carbocycles. The third-order valence-corrected chi connectivity index (χ3v) is 3.99. The molecule has 0 aliphatic carbocycles. The van der Waals surface area contributed by atoms with Crippen molar-refractivity contribution in [3.8, 4) is 0 Å². The van der Waals surface area contributed by atoms with Gasteiger partial charge in [0.25, 0.3) is 0 Å². The fraction of sp³-hybridized carbons (Fsp3) is 0.333. The van der Waals surface area contributed by atoms with Gasteiger partial charge in [-0.15, -0.1) is 11.8 Å². The maximum absolute atomic E-state index is 5.87. The Balaban J connectivity index is 1.84. The molecule has 1 N–H and O–H groups in total. The fourth-order valence-corrected chi connectivity index (χ4v) is 2.57. The second-order valence-electron chi connectivity index (χ2n) is 4.38. The molecular weight excluding hydrogens is 306 g/mol. The van der Waals surface area contributed by atoms with Crippen molar-refractivity contribution in [3.05, 3.63) is 53.1 Å². The molecule has 0 atom stereocenters. The van der Waals surface area contributed by atoms with Gasteiger partial charge < -0.3 is 10.1 Å². The summed E-state index contributed by atoms with van der Waals surface area (Å²) in [5.74, 6) is 1.58. The highest BCUT2D eigenvalue weighted by molar-refractivity contribution is 7.98. The predicted octanol–water partition coefficient (Wildman–Crippen LogP) is 3.16.